The highest BCUT2D eigenvalue weighted by atomic mass is 35.5. The van der Waals surface area contributed by atoms with Gasteiger partial charge in [0.2, 0.25) is 0 Å². The first kappa shape index (κ1) is 10.9. The van der Waals surface area contributed by atoms with Gasteiger partial charge in [-0.2, -0.15) is 5.10 Å². The number of halogens is 1. The Hall–Kier alpha value is -0.570. The number of aromatic amines is 1. The number of nitrogens with one attached hydrogen (secondary N) is 1. The van der Waals surface area contributed by atoms with Gasteiger partial charge in [0, 0.05) is 5.92 Å². The van der Waals surface area contributed by atoms with E-state index in [-0.39, 0.29) is 5.38 Å². The van der Waals surface area contributed by atoms with Crippen LogP contribution in [0.25, 0.3) is 0 Å². The summed E-state index contributed by atoms with van der Waals surface area (Å²) in [5, 5.41) is 7.10. The third-order valence-electron chi connectivity index (χ3n) is 3.12. The van der Waals surface area contributed by atoms with Crippen molar-refractivity contribution in [3.05, 3.63) is 11.6 Å². The number of rotatable bonds is 2. The summed E-state index contributed by atoms with van der Waals surface area (Å²) in [7, 11) is 0. The van der Waals surface area contributed by atoms with Crippen LogP contribution in [0, 0.1) is 0 Å². The molecule has 15 heavy (non-hydrogen) atoms. The van der Waals surface area contributed by atoms with E-state index in [2.05, 4.69) is 15.2 Å². The Morgan fingerprint density at radius 2 is 1.93 bits per heavy atom. The summed E-state index contributed by atoms with van der Waals surface area (Å²) >= 11 is 5.94. The summed E-state index contributed by atoms with van der Waals surface area (Å²) in [4.78, 5) is 4.48. The molecule has 1 aliphatic rings. The molecule has 1 atom stereocenters. The van der Waals surface area contributed by atoms with Crippen molar-refractivity contribution < 1.29 is 0 Å². The molecule has 0 saturated heterocycles. The van der Waals surface area contributed by atoms with Crippen LogP contribution in [0.15, 0.2) is 0 Å². The fourth-order valence-corrected chi connectivity index (χ4v) is 2.30. The van der Waals surface area contributed by atoms with Crippen LogP contribution in [0.2, 0.25) is 0 Å². The van der Waals surface area contributed by atoms with Crippen molar-refractivity contribution >= 4 is 11.6 Å². The maximum atomic E-state index is 5.94. The zero-order valence-corrected chi connectivity index (χ0v) is 9.93. The lowest BCUT2D eigenvalue weighted by Gasteiger charge is -2.09. The number of hydrogen-bond donors (Lipinski definition) is 1. The first-order valence-electron chi connectivity index (χ1n) is 5.83. The van der Waals surface area contributed by atoms with Crippen LogP contribution in [-0.2, 0) is 0 Å². The summed E-state index contributed by atoms with van der Waals surface area (Å²) in [6.45, 7) is 1.90. The lowest BCUT2D eigenvalue weighted by atomic mass is 10.00. The number of alkyl halides is 1. The lowest BCUT2D eigenvalue weighted by Crippen LogP contribution is -2.00. The fraction of sp³-hybridized carbons (Fsp3) is 0.818. The summed E-state index contributed by atoms with van der Waals surface area (Å²) in [5.74, 6) is 2.35. The normalized spacial score (nSPS) is 21.2. The Bertz CT molecular complexity index is 301. The average Bonchev–Trinajstić information content (AvgIpc) is 2.55. The third-order valence-corrected chi connectivity index (χ3v) is 3.31. The van der Waals surface area contributed by atoms with E-state index in [9.17, 15) is 0 Å². The molecule has 1 N–H and O–H groups in total. The molecular formula is C11H18ClN3. The van der Waals surface area contributed by atoms with Gasteiger partial charge in [0.1, 0.15) is 5.82 Å². The van der Waals surface area contributed by atoms with E-state index in [4.69, 9.17) is 11.6 Å². The van der Waals surface area contributed by atoms with E-state index < -0.39 is 0 Å². The number of H-pyrrole nitrogens is 1. The molecule has 1 unspecified atom stereocenters. The summed E-state index contributed by atoms with van der Waals surface area (Å²) in [6.07, 6.45) is 7.84. The SMILES string of the molecule is CC(Cl)c1n[nH]c(C2CCCCCC2)n1. The van der Waals surface area contributed by atoms with Gasteiger partial charge in [-0.1, -0.05) is 25.7 Å². The molecule has 1 aromatic rings. The van der Waals surface area contributed by atoms with Crippen molar-refractivity contribution in [3.63, 3.8) is 0 Å². The van der Waals surface area contributed by atoms with Crippen LogP contribution in [-0.4, -0.2) is 15.2 Å². The predicted molar refractivity (Wildman–Crippen MR) is 61.1 cm³/mol. The molecule has 0 aliphatic heterocycles. The molecule has 0 bridgehead atoms. The van der Waals surface area contributed by atoms with Crippen molar-refractivity contribution in [2.24, 2.45) is 0 Å². The van der Waals surface area contributed by atoms with Crippen molar-refractivity contribution in [1.82, 2.24) is 15.2 Å². The van der Waals surface area contributed by atoms with Crippen LogP contribution >= 0.6 is 11.6 Å². The Morgan fingerprint density at radius 3 is 2.47 bits per heavy atom. The van der Waals surface area contributed by atoms with Gasteiger partial charge in [-0.05, 0) is 19.8 Å². The molecule has 0 radical (unpaired) electrons. The first-order chi connectivity index (χ1) is 7.27. The fourth-order valence-electron chi connectivity index (χ4n) is 2.20. The van der Waals surface area contributed by atoms with Gasteiger partial charge in [-0.3, -0.25) is 5.10 Å². The largest absolute Gasteiger partial charge is 0.263 e. The van der Waals surface area contributed by atoms with Gasteiger partial charge in [0.05, 0.1) is 5.38 Å². The molecule has 0 amide bonds. The van der Waals surface area contributed by atoms with Crippen LogP contribution in [0.3, 0.4) is 0 Å². The van der Waals surface area contributed by atoms with Gasteiger partial charge in [0.15, 0.2) is 5.82 Å². The minimum atomic E-state index is -0.0965. The van der Waals surface area contributed by atoms with Gasteiger partial charge in [-0.25, -0.2) is 4.98 Å². The van der Waals surface area contributed by atoms with Crippen LogP contribution in [0.4, 0.5) is 0 Å². The molecule has 84 valence electrons. The molecule has 1 aliphatic carbocycles. The van der Waals surface area contributed by atoms with Gasteiger partial charge in [-0.15, -0.1) is 11.6 Å². The number of nitrogens with zero attached hydrogens (tertiary/aromatic N) is 2. The second-order valence-electron chi connectivity index (χ2n) is 4.38. The van der Waals surface area contributed by atoms with Gasteiger partial charge < -0.3 is 0 Å². The monoisotopic (exact) mass is 227 g/mol. The maximum absolute atomic E-state index is 5.94. The molecule has 1 heterocycles. The molecule has 2 rings (SSSR count). The second-order valence-corrected chi connectivity index (χ2v) is 5.04. The first-order valence-corrected chi connectivity index (χ1v) is 6.27. The molecule has 1 saturated carbocycles. The third kappa shape index (κ3) is 2.71. The topological polar surface area (TPSA) is 41.6 Å². The van der Waals surface area contributed by atoms with Crippen LogP contribution in [0.5, 0.6) is 0 Å². The molecule has 4 heteroatoms. The minimum absolute atomic E-state index is 0.0965. The van der Waals surface area contributed by atoms with Gasteiger partial charge in [0.25, 0.3) is 0 Å². The quantitative estimate of drug-likeness (QED) is 0.620. The highest BCUT2D eigenvalue weighted by molar-refractivity contribution is 6.20. The predicted octanol–water partition coefficient (Wildman–Crippen LogP) is 3.54. The Morgan fingerprint density at radius 1 is 1.27 bits per heavy atom. The zero-order chi connectivity index (χ0) is 10.7. The van der Waals surface area contributed by atoms with Crippen molar-refractivity contribution in [2.75, 3.05) is 0 Å². The van der Waals surface area contributed by atoms with E-state index in [1.807, 2.05) is 6.92 Å². The molecule has 1 aromatic heterocycles. The Labute approximate surface area is 95.6 Å². The van der Waals surface area contributed by atoms with E-state index in [0.717, 1.165) is 11.6 Å². The van der Waals surface area contributed by atoms with Crippen LogP contribution in [0.1, 0.15) is 68.4 Å². The molecule has 0 aromatic carbocycles. The highest BCUT2D eigenvalue weighted by Crippen LogP contribution is 2.30. The standard InChI is InChI=1S/C11H18ClN3/c1-8(12)10-13-11(15-14-10)9-6-4-2-3-5-7-9/h8-9H,2-7H2,1H3,(H,13,14,15). The van der Waals surface area contributed by atoms with E-state index in [1.165, 1.54) is 38.5 Å². The second kappa shape index (κ2) is 4.97. The number of aromatic nitrogens is 3. The molecule has 3 nitrogen and oxygen atoms in total. The van der Waals surface area contributed by atoms with Crippen molar-refractivity contribution in [2.45, 2.75) is 56.7 Å². The summed E-state index contributed by atoms with van der Waals surface area (Å²) in [5.41, 5.74) is 0. The Kier molecular flexibility index (Phi) is 3.62. The van der Waals surface area contributed by atoms with Crippen LogP contribution < -0.4 is 0 Å². The van der Waals surface area contributed by atoms with Crippen molar-refractivity contribution in [3.8, 4) is 0 Å². The van der Waals surface area contributed by atoms with Crippen molar-refractivity contribution in [1.29, 1.82) is 0 Å². The van der Waals surface area contributed by atoms with Gasteiger partial charge >= 0.3 is 0 Å². The van der Waals surface area contributed by atoms with E-state index in [0.29, 0.717) is 5.92 Å². The average molecular weight is 228 g/mol. The molecule has 0 spiro atoms. The summed E-state index contributed by atoms with van der Waals surface area (Å²) in [6, 6.07) is 0. The molecular weight excluding hydrogens is 210 g/mol. The number of hydrogen-bond acceptors (Lipinski definition) is 2. The molecule has 1 fully saturated rings. The summed E-state index contributed by atoms with van der Waals surface area (Å²) < 4.78 is 0. The minimum Gasteiger partial charge on any atom is -0.263 e. The maximum Gasteiger partial charge on any atom is 0.168 e. The van der Waals surface area contributed by atoms with E-state index >= 15 is 0 Å². The smallest absolute Gasteiger partial charge is 0.168 e. The lowest BCUT2D eigenvalue weighted by molar-refractivity contribution is 0.562. The van der Waals surface area contributed by atoms with E-state index in [1.54, 1.807) is 0 Å². The Balaban J connectivity index is 2.06. The zero-order valence-electron chi connectivity index (χ0n) is 9.17. The highest BCUT2D eigenvalue weighted by Gasteiger charge is 2.19.